The molecule has 0 N–H and O–H groups in total. The fraction of sp³-hybridized carbons (Fsp3) is 1.00. The summed E-state index contributed by atoms with van der Waals surface area (Å²) in [5, 5.41) is 1.05. The number of hydrogen-bond acceptors (Lipinski definition) is 2. The van der Waals surface area contributed by atoms with Crippen LogP contribution in [-0.4, -0.2) is 31.3 Å². The summed E-state index contributed by atoms with van der Waals surface area (Å²) < 4.78 is 11.0. The molecule has 0 amide bonds. The Morgan fingerprint density at radius 3 is 3.00 bits per heavy atom. The van der Waals surface area contributed by atoms with E-state index in [1.807, 2.05) is 0 Å². The van der Waals surface area contributed by atoms with E-state index >= 15 is 0 Å². The molecular weight excluding hydrogens is 232 g/mol. The van der Waals surface area contributed by atoms with Crippen LogP contribution in [0.3, 0.4) is 0 Å². The molecule has 1 saturated heterocycles. The number of ether oxygens (including phenoxy) is 2. The van der Waals surface area contributed by atoms with Crippen LogP contribution < -0.4 is 0 Å². The van der Waals surface area contributed by atoms with Crippen LogP contribution in [0.5, 0.6) is 0 Å². The lowest BCUT2D eigenvalue weighted by Gasteiger charge is -2.16. The van der Waals surface area contributed by atoms with Gasteiger partial charge in [-0.15, -0.1) is 0 Å². The number of alkyl halides is 1. The second-order valence-corrected chi connectivity index (χ2v) is 4.28. The van der Waals surface area contributed by atoms with Crippen LogP contribution in [0, 0.1) is 5.92 Å². The summed E-state index contributed by atoms with van der Waals surface area (Å²) in [5.41, 5.74) is 0. The Kier molecular flexibility index (Phi) is 6.00. The molecule has 2 atom stereocenters. The molecule has 0 aromatic heterocycles. The van der Waals surface area contributed by atoms with E-state index in [-0.39, 0.29) is 0 Å². The van der Waals surface area contributed by atoms with E-state index in [1.165, 1.54) is 12.8 Å². The maximum Gasteiger partial charge on any atom is 0.0830 e. The van der Waals surface area contributed by atoms with Crippen molar-refractivity contribution in [2.45, 2.75) is 32.3 Å². The highest BCUT2D eigenvalue weighted by atomic mass is 79.9. The molecule has 1 aliphatic heterocycles. The fourth-order valence-corrected chi connectivity index (χ4v) is 2.04. The summed E-state index contributed by atoms with van der Waals surface area (Å²) in [6.45, 7) is 4.76. The molecule has 0 aliphatic carbocycles. The van der Waals surface area contributed by atoms with Gasteiger partial charge >= 0.3 is 0 Å². The second-order valence-electron chi connectivity index (χ2n) is 3.63. The van der Waals surface area contributed by atoms with Gasteiger partial charge in [-0.3, -0.25) is 0 Å². The average molecular weight is 251 g/mol. The Labute approximate surface area is 89.1 Å². The first-order valence-electron chi connectivity index (χ1n) is 5.12. The summed E-state index contributed by atoms with van der Waals surface area (Å²) in [5.74, 6) is 0.672. The first-order valence-corrected chi connectivity index (χ1v) is 6.24. The molecule has 0 radical (unpaired) electrons. The molecule has 3 heteroatoms. The van der Waals surface area contributed by atoms with Gasteiger partial charge in [0.05, 0.1) is 19.3 Å². The van der Waals surface area contributed by atoms with Crippen LogP contribution in [0.1, 0.15) is 26.2 Å². The van der Waals surface area contributed by atoms with E-state index in [2.05, 4.69) is 22.9 Å². The minimum absolute atomic E-state index is 0.360. The summed E-state index contributed by atoms with van der Waals surface area (Å²) in [7, 11) is 0. The van der Waals surface area contributed by atoms with Crippen LogP contribution in [0.4, 0.5) is 0 Å². The van der Waals surface area contributed by atoms with Gasteiger partial charge < -0.3 is 9.47 Å². The van der Waals surface area contributed by atoms with Crippen LogP contribution in [0.15, 0.2) is 0 Å². The topological polar surface area (TPSA) is 18.5 Å². The predicted molar refractivity (Wildman–Crippen MR) is 57.4 cm³/mol. The lowest BCUT2D eigenvalue weighted by atomic mass is 10.1. The Morgan fingerprint density at radius 2 is 2.46 bits per heavy atom. The van der Waals surface area contributed by atoms with E-state index in [0.29, 0.717) is 12.0 Å². The highest BCUT2D eigenvalue weighted by Crippen LogP contribution is 2.14. The van der Waals surface area contributed by atoms with Crippen molar-refractivity contribution in [3.05, 3.63) is 0 Å². The lowest BCUT2D eigenvalue weighted by molar-refractivity contribution is 0.0246. The average Bonchev–Trinajstić information content (AvgIpc) is 2.64. The van der Waals surface area contributed by atoms with Crippen LogP contribution in [-0.2, 0) is 9.47 Å². The molecule has 1 rings (SSSR count). The van der Waals surface area contributed by atoms with Crippen molar-refractivity contribution in [3.8, 4) is 0 Å². The molecule has 0 aromatic carbocycles. The molecule has 1 heterocycles. The first kappa shape index (κ1) is 11.5. The zero-order valence-corrected chi connectivity index (χ0v) is 9.88. The molecule has 0 saturated carbocycles. The van der Waals surface area contributed by atoms with E-state index in [4.69, 9.17) is 9.47 Å². The van der Waals surface area contributed by atoms with Crippen molar-refractivity contribution >= 4 is 15.9 Å². The fourth-order valence-electron chi connectivity index (χ4n) is 1.53. The molecule has 0 aromatic rings. The van der Waals surface area contributed by atoms with Gasteiger partial charge in [0.2, 0.25) is 0 Å². The molecule has 2 unspecified atom stereocenters. The molecule has 2 nitrogen and oxygen atoms in total. The quantitative estimate of drug-likeness (QED) is 0.675. The third kappa shape index (κ3) is 4.43. The van der Waals surface area contributed by atoms with Gasteiger partial charge in [-0.25, -0.2) is 0 Å². The van der Waals surface area contributed by atoms with Crippen LogP contribution in [0.2, 0.25) is 0 Å². The molecule has 1 aliphatic rings. The Morgan fingerprint density at radius 1 is 1.62 bits per heavy atom. The first-order chi connectivity index (χ1) is 6.36. The minimum atomic E-state index is 0.360. The van der Waals surface area contributed by atoms with Gasteiger partial charge in [-0.2, -0.15) is 0 Å². The van der Waals surface area contributed by atoms with E-state index in [9.17, 15) is 0 Å². The van der Waals surface area contributed by atoms with Crippen molar-refractivity contribution < 1.29 is 9.47 Å². The number of rotatable bonds is 6. The number of hydrogen-bond donors (Lipinski definition) is 0. The SMILES string of the molecule is CCCC(CBr)COC1CCOC1. The van der Waals surface area contributed by atoms with Gasteiger partial charge in [0.25, 0.3) is 0 Å². The van der Waals surface area contributed by atoms with E-state index < -0.39 is 0 Å². The third-order valence-corrected chi connectivity index (χ3v) is 3.29. The van der Waals surface area contributed by atoms with Crippen LogP contribution in [0.25, 0.3) is 0 Å². The molecule has 1 fully saturated rings. The van der Waals surface area contributed by atoms with Crippen molar-refractivity contribution in [2.75, 3.05) is 25.2 Å². The van der Waals surface area contributed by atoms with Crippen molar-refractivity contribution in [1.82, 2.24) is 0 Å². The predicted octanol–water partition coefficient (Wildman–Crippen LogP) is 2.60. The zero-order valence-electron chi connectivity index (χ0n) is 8.30. The minimum Gasteiger partial charge on any atom is -0.379 e. The largest absolute Gasteiger partial charge is 0.379 e. The summed E-state index contributed by atoms with van der Waals surface area (Å²) in [4.78, 5) is 0. The van der Waals surface area contributed by atoms with Gasteiger partial charge in [-0.1, -0.05) is 29.3 Å². The highest BCUT2D eigenvalue weighted by Gasteiger charge is 2.17. The second kappa shape index (κ2) is 6.80. The van der Waals surface area contributed by atoms with E-state index in [1.54, 1.807) is 0 Å². The molecule has 13 heavy (non-hydrogen) atoms. The monoisotopic (exact) mass is 250 g/mol. The molecule has 0 bridgehead atoms. The van der Waals surface area contributed by atoms with Crippen molar-refractivity contribution in [1.29, 1.82) is 0 Å². The molecule has 78 valence electrons. The van der Waals surface area contributed by atoms with Crippen LogP contribution >= 0.6 is 15.9 Å². The zero-order chi connectivity index (χ0) is 9.52. The van der Waals surface area contributed by atoms with Crippen molar-refractivity contribution in [3.63, 3.8) is 0 Å². The number of halogens is 1. The van der Waals surface area contributed by atoms with Gasteiger partial charge in [0.1, 0.15) is 0 Å². The standard InChI is InChI=1S/C10H19BrO2/c1-2-3-9(6-11)7-13-10-4-5-12-8-10/h9-10H,2-8H2,1H3. The van der Waals surface area contributed by atoms with Gasteiger partial charge in [-0.05, 0) is 18.8 Å². The van der Waals surface area contributed by atoms with Gasteiger partial charge in [0.15, 0.2) is 0 Å². The highest BCUT2D eigenvalue weighted by molar-refractivity contribution is 9.09. The van der Waals surface area contributed by atoms with E-state index in [0.717, 1.165) is 31.6 Å². The van der Waals surface area contributed by atoms with Crippen molar-refractivity contribution in [2.24, 2.45) is 5.92 Å². The maximum absolute atomic E-state index is 5.75. The summed E-state index contributed by atoms with van der Waals surface area (Å²) >= 11 is 3.52. The Hall–Kier alpha value is 0.400. The smallest absolute Gasteiger partial charge is 0.0830 e. The maximum atomic E-state index is 5.75. The molecule has 0 spiro atoms. The summed E-state index contributed by atoms with van der Waals surface area (Å²) in [6.07, 6.45) is 3.92. The Balaban J connectivity index is 2.07. The normalized spacial score (nSPS) is 24.9. The Bertz CT molecular complexity index is 124. The van der Waals surface area contributed by atoms with Gasteiger partial charge in [0, 0.05) is 11.9 Å². The third-order valence-electron chi connectivity index (χ3n) is 2.37. The lowest BCUT2D eigenvalue weighted by Crippen LogP contribution is -2.19. The summed E-state index contributed by atoms with van der Waals surface area (Å²) in [6, 6.07) is 0. The molecular formula is C10H19BrO2.